The van der Waals surface area contributed by atoms with E-state index in [1.54, 1.807) is 11.8 Å². The van der Waals surface area contributed by atoms with Gasteiger partial charge < -0.3 is 10.1 Å². The molecule has 0 aromatic heterocycles. The average Bonchev–Trinajstić information content (AvgIpc) is 2.90. The molecule has 1 aliphatic carbocycles. The van der Waals surface area contributed by atoms with E-state index < -0.39 is 0 Å². The minimum absolute atomic E-state index is 0.0177. The first-order valence-corrected chi connectivity index (χ1v) is 7.56. The van der Waals surface area contributed by atoms with E-state index in [0.29, 0.717) is 6.04 Å². The molecule has 3 nitrogen and oxygen atoms in total. The Bertz CT molecular complexity index is 385. The van der Waals surface area contributed by atoms with Crippen LogP contribution in [0.5, 0.6) is 5.75 Å². The molecule has 0 saturated heterocycles. The molecule has 1 saturated carbocycles. The van der Waals surface area contributed by atoms with Crippen molar-refractivity contribution in [3.63, 3.8) is 0 Å². The molecule has 0 radical (unpaired) electrons. The Morgan fingerprint density at radius 3 is 2.61 bits per heavy atom. The van der Waals surface area contributed by atoms with E-state index >= 15 is 0 Å². The second-order valence-corrected chi connectivity index (χ2v) is 5.39. The van der Waals surface area contributed by atoms with Gasteiger partial charge in [0, 0.05) is 10.9 Å². The molecule has 0 heterocycles. The highest BCUT2D eigenvalue weighted by Crippen LogP contribution is 2.19. The molecule has 18 heavy (non-hydrogen) atoms. The maximum atomic E-state index is 11.7. The summed E-state index contributed by atoms with van der Waals surface area (Å²) in [6.45, 7) is 0.106. The van der Waals surface area contributed by atoms with E-state index in [2.05, 4.69) is 5.32 Å². The van der Waals surface area contributed by atoms with Crippen LogP contribution < -0.4 is 10.1 Å². The maximum Gasteiger partial charge on any atom is 0.258 e. The summed E-state index contributed by atoms with van der Waals surface area (Å²) in [5.74, 6) is 0.727. The number of rotatable bonds is 5. The first-order chi connectivity index (χ1) is 8.78. The molecule has 0 spiro atoms. The van der Waals surface area contributed by atoms with E-state index in [4.69, 9.17) is 4.74 Å². The summed E-state index contributed by atoms with van der Waals surface area (Å²) in [6.07, 6.45) is 6.69. The average molecular weight is 265 g/mol. The first-order valence-electron chi connectivity index (χ1n) is 6.34. The van der Waals surface area contributed by atoms with Crippen molar-refractivity contribution in [3.8, 4) is 5.75 Å². The Balaban J connectivity index is 1.74. The summed E-state index contributed by atoms with van der Waals surface area (Å²) in [6, 6.07) is 8.15. The third-order valence-corrected chi connectivity index (χ3v) is 3.89. The number of nitrogens with one attached hydrogen (secondary N) is 1. The second kappa shape index (κ2) is 6.69. The molecule has 1 fully saturated rings. The number of ether oxygens (including phenoxy) is 1. The lowest BCUT2D eigenvalue weighted by Crippen LogP contribution is -2.36. The van der Waals surface area contributed by atoms with Crippen LogP contribution in [0.2, 0.25) is 0 Å². The number of hydrogen-bond acceptors (Lipinski definition) is 3. The zero-order valence-corrected chi connectivity index (χ0v) is 11.5. The Morgan fingerprint density at radius 2 is 2.00 bits per heavy atom. The number of thioether (sulfide) groups is 1. The zero-order chi connectivity index (χ0) is 12.8. The van der Waals surface area contributed by atoms with Gasteiger partial charge in [0.1, 0.15) is 5.75 Å². The highest BCUT2D eigenvalue weighted by Gasteiger charge is 2.17. The van der Waals surface area contributed by atoms with Crippen LogP contribution in [0.4, 0.5) is 0 Å². The highest BCUT2D eigenvalue weighted by atomic mass is 32.2. The van der Waals surface area contributed by atoms with Crippen LogP contribution in [-0.2, 0) is 4.79 Å². The smallest absolute Gasteiger partial charge is 0.258 e. The van der Waals surface area contributed by atoms with Crippen molar-refractivity contribution in [1.29, 1.82) is 0 Å². The normalized spacial score (nSPS) is 15.6. The zero-order valence-electron chi connectivity index (χ0n) is 10.6. The monoisotopic (exact) mass is 265 g/mol. The van der Waals surface area contributed by atoms with Crippen LogP contribution in [0, 0.1) is 0 Å². The Hall–Kier alpha value is -1.16. The molecule has 0 aliphatic heterocycles. The predicted molar refractivity (Wildman–Crippen MR) is 74.1 cm³/mol. The van der Waals surface area contributed by atoms with Crippen LogP contribution >= 0.6 is 11.8 Å². The standard InChI is InChI=1S/C14H19NO2S/c1-18-13-8-6-12(7-9-13)17-10-14(16)15-11-4-2-3-5-11/h6-9,11H,2-5,10H2,1H3,(H,15,16). The number of hydrogen-bond donors (Lipinski definition) is 1. The second-order valence-electron chi connectivity index (χ2n) is 4.51. The van der Waals surface area contributed by atoms with Gasteiger partial charge in [0.05, 0.1) is 0 Å². The summed E-state index contributed by atoms with van der Waals surface area (Å²) < 4.78 is 5.46. The van der Waals surface area contributed by atoms with E-state index in [1.165, 1.54) is 17.7 Å². The number of carbonyl (C=O) groups excluding carboxylic acids is 1. The van der Waals surface area contributed by atoms with Gasteiger partial charge in [0.2, 0.25) is 0 Å². The highest BCUT2D eigenvalue weighted by molar-refractivity contribution is 7.98. The lowest BCUT2D eigenvalue weighted by molar-refractivity contribution is -0.123. The van der Waals surface area contributed by atoms with Gasteiger partial charge in [-0.25, -0.2) is 0 Å². The molecular weight excluding hydrogens is 246 g/mol. The number of benzene rings is 1. The molecule has 1 amide bonds. The summed E-state index contributed by atoms with van der Waals surface area (Å²) in [4.78, 5) is 12.8. The van der Waals surface area contributed by atoms with E-state index in [-0.39, 0.29) is 12.5 Å². The summed E-state index contributed by atoms with van der Waals surface area (Å²) in [5, 5.41) is 3.00. The molecule has 0 bridgehead atoms. The minimum atomic E-state index is -0.0177. The Morgan fingerprint density at radius 1 is 1.33 bits per heavy atom. The molecule has 4 heteroatoms. The maximum absolute atomic E-state index is 11.7. The van der Waals surface area contributed by atoms with Crippen LogP contribution in [0.1, 0.15) is 25.7 Å². The van der Waals surface area contributed by atoms with E-state index in [0.717, 1.165) is 18.6 Å². The van der Waals surface area contributed by atoms with Gasteiger partial charge in [-0.3, -0.25) is 4.79 Å². The number of carbonyl (C=O) groups is 1. The van der Waals surface area contributed by atoms with Gasteiger partial charge >= 0.3 is 0 Å². The molecule has 1 aliphatic rings. The van der Waals surface area contributed by atoms with Crippen molar-refractivity contribution < 1.29 is 9.53 Å². The third-order valence-electron chi connectivity index (χ3n) is 3.15. The molecule has 1 aromatic rings. The van der Waals surface area contributed by atoms with E-state index in [1.807, 2.05) is 30.5 Å². The fourth-order valence-corrected chi connectivity index (χ4v) is 2.57. The molecule has 1 N–H and O–H groups in total. The quantitative estimate of drug-likeness (QED) is 0.832. The van der Waals surface area contributed by atoms with Crippen molar-refractivity contribution >= 4 is 17.7 Å². The molecule has 0 atom stereocenters. The van der Waals surface area contributed by atoms with E-state index in [9.17, 15) is 4.79 Å². The van der Waals surface area contributed by atoms with Crippen LogP contribution in [0.15, 0.2) is 29.2 Å². The first kappa shape index (κ1) is 13.3. The SMILES string of the molecule is CSc1ccc(OCC(=O)NC2CCCC2)cc1. The van der Waals surface area contributed by atoms with Gasteiger partial charge in [0.25, 0.3) is 5.91 Å². The third kappa shape index (κ3) is 3.95. The molecule has 2 rings (SSSR count). The van der Waals surface area contributed by atoms with Crippen LogP contribution in [0.3, 0.4) is 0 Å². The minimum Gasteiger partial charge on any atom is -0.484 e. The van der Waals surface area contributed by atoms with Gasteiger partial charge in [-0.2, -0.15) is 0 Å². The summed E-state index contributed by atoms with van der Waals surface area (Å²) in [5.41, 5.74) is 0. The van der Waals surface area contributed by atoms with Crippen LogP contribution in [-0.4, -0.2) is 24.8 Å². The van der Waals surface area contributed by atoms with Crippen molar-refractivity contribution in [3.05, 3.63) is 24.3 Å². The topological polar surface area (TPSA) is 38.3 Å². The Labute approximate surface area is 112 Å². The summed E-state index contributed by atoms with van der Waals surface area (Å²) in [7, 11) is 0. The molecule has 98 valence electrons. The Kier molecular flexibility index (Phi) is 4.93. The van der Waals surface area contributed by atoms with Crippen LogP contribution in [0.25, 0.3) is 0 Å². The largest absolute Gasteiger partial charge is 0.484 e. The van der Waals surface area contributed by atoms with Crippen molar-refractivity contribution in [1.82, 2.24) is 5.32 Å². The van der Waals surface area contributed by atoms with Gasteiger partial charge in [0.15, 0.2) is 6.61 Å². The fourth-order valence-electron chi connectivity index (χ4n) is 2.16. The number of amides is 1. The fraction of sp³-hybridized carbons (Fsp3) is 0.500. The lowest BCUT2D eigenvalue weighted by Gasteiger charge is -2.12. The molecule has 1 aromatic carbocycles. The lowest BCUT2D eigenvalue weighted by atomic mass is 10.2. The molecular formula is C14H19NO2S. The summed E-state index contributed by atoms with van der Waals surface area (Å²) >= 11 is 1.69. The van der Waals surface area contributed by atoms with Gasteiger partial charge in [-0.15, -0.1) is 11.8 Å². The van der Waals surface area contributed by atoms with Gasteiger partial charge in [-0.1, -0.05) is 12.8 Å². The van der Waals surface area contributed by atoms with Crippen molar-refractivity contribution in [2.75, 3.05) is 12.9 Å². The van der Waals surface area contributed by atoms with Gasteiger partial charge in [-0.05, 0) is 43.4 Å². The molecule has 0 unspecified atom stereocenters. The van der Waals surface area contributed by atoms with Crippen molar-refractivity contribution in [2.24, 2.45) is 0 Å². The predicted octanol–water partition coefficient (Wildman–Crippen LogP) is 2.85. The van der Waals surface area contributed by atoms with Crippen molar-refractivity contribution in [2.45, 2.75) is 36.6 Å².